The van der Waals surface area contributed by atoms with E-state index >= 15 is 0 Å². The van der Waals surface area contributed by atoms with E-state index < -0.39 is 0 Å². The minimum atomic E-state index is 0.233. The molecule has 4 aliphatic carbocycles. The van der Waals surface area contributed by atoms with Crippen molar-refractivity contribution in [1.82, 2.24) is 15.0 Å². The Bertz CT molecular complexity index is 441. The zero-order valence-corrected chi connectivity index (χ0v) is 10.9. The SMILES string of the molecule is Cc1nc(N)nc(C23CC4CC(CC(C4)C2)C3)n1. The minimum Gasteiger partial charge on any atom is -0.368 e. The molecule has 0 amide bonds. The molecule has 18 heavy (non-hydrogen) atoms. The van der Waals surface area contributed by atoms with E-state index in [9.17, 15) is 0 Å². The Morgan fingerprint density at radius 3 is 2.00 bits per heavy atom. The average Bonchev–Trinajstić information content (AvgIpc) is 2.25. The first-order valence-electron chi connectivity index (χ1n) is 7.12. The lowest BCUT2D eigenvalue weighted by molar-refractivity contribution is -0.00950. The molecule has 0 aliphatic heterocycles. The summed E-state index contributed by atoms with van der Waals surface area (Å²) in [5, 5.41) is 0. The molecule has 0 spiro atoms. The standard InChI is InChI=1S/C14H20N4/c1-8-16-12(18-13(15)17-8)14-5-9-2-10(6-14)4-11(3-9)7-14/h9-11H,2-7H2,1H3,(H2,15,16,17,18). The Hall–Kier alpha value is -1.19. The van der Waals surface area contributed by atoms with Gasteiger partial charge in [-0.25, -0.2) is 4.98 Å². The molecule has 2 N–H and O–H groups in total. The van der Waals surface area contributed by atoms with Crippen LogP contribution < -0.4 is 5.73 Å². The quantitative estimate of drug-likeness (QED) is 0.822. The van der Waals surface area contributed by atoms with Crippen LogP contribution in [0.5, 0.6) is 0 Å². The molecule has 4 nitrogen and oxygen atoms in total. The summed E-state index contributed by atoms with van der Waals surface area (Å²) in [7, 11) is 0. The normalized spacial score (nSPS) is 41.3. The van der Waals surface area contributed by atoms with Gasteiger partial charge in [0, 0.05) is 5.41 Å². The van der Waals surface area contributed by atoms with E-state index in [1.807, 2.05) is 6.92 Å². The summed E-state index contributed by atoms with van der Waals surface area (Å²) in [5.74, 6) is 4.90. The zero-order valence-electron chi connectivity index (χ0n) is 10.9. The highest BCUT2D eigenvalue weighted by Crippen LogP contribution is 2.60. The fourth-order valence-corrected chi connectivity index (χ4v) is 5.12. The van der Waals surface area contributed by atoms with E-state index in [4.69, 9.17) is 5.73 Å². The molecule has 5 rings (SSSR count). The van der Waals surface area contributed by atoms with Gasteiger partial charge in [-0.1, -0.05) is 0 Å². The van der Waals surface area contributed by atoms with Gasteiger partial charge in [-0.3, -0.25) is 0 Å². The number of nitrogens with two attached hydrogens (primary N) is 1. The molecule has 4 heteroatoms. The Morgan fingerprint density at radius 1 is 0.944 bits per heavy atom. The van der Waals surface area contributed by atoms with Gasteiger partial charge in [0.25, 0.3) is 0 Å². The number of anilines is 1. The van der Waals surface area contributed by atoms with Crippen molar-refractivity contribution in [3.05, 3.63) is 11.6 Å². The maximum atomic E-state index is 5.82. The first-order valence-corrected chi connectivity index (χ1v) is 7.12. The Kier molecular flexibility index (Phi) is 2.04. The number of hydrogen-bond acceptors (Lipinski definition) is 4. The second-order valence-corrected chi connectivity index (χ2v) is 6.76. The van der Waals surface area contributed by atoms with Gasteiger partial charge in [-0.05, 0) is 63.2 Å². The predicted molar refractivity (Wildman–Crippen MR) is 68.8 cm³/mol. The molecular formula is C14H20N4. The zero-order chi connectivity index (χ0) is 12.3. The van der Waals surface area contributed by atoms with Crippen LogP contribution in [-0.2, 0) is 5.41 Å². The molecule has 0 radical (unpaired) electrons. The van der Waals surface area contributed by atoms with Crippen LogP contribution in [0.2, 0.25) is 0 Å². The molecule has 1 aromatic rings. The van der Waals surface area contributed by atoms with Crippen molar-refractivity contribution >= 4 is 5.95 Å². The molecular weight excluding hydrogens is 224 g/mol. The molecule has 4 fully saturated rings. The Labute approximate surface area is 107 Å². The van der Waals surface area contributed by atoms with Crippen molar-refractivity contribution < 1.29 is 0 Å². The van der Waals surface area contributed by atoms with E-state index in [-0.39, 0.29) is 5.41 Å². The Balaban J connectivity index is 1.79. The summed E-state index contributed by atoms with van der Waals surface area (Å²) in [6.07, 6.45) is 8.17. The van der Waals surface area contributed by atoms with E-state index in [0.717, 1.165) is 29.4 Å². The second-order valence-electron chi connectivity index (χ2n) is 6.76. The number of rotatable bonds is 1. The van der Waals surface area contributed by atoms with Crippen molar-refractivity contribution in [2.45, 2.75) is 50.9 Å². The first kappa shape index (κ1) is 10.7. The monoisotopic (exact) mass is 244 g/mol. The van der Waals surface area contributed by atoms with Crippen LogP contribution in [0, 0.1) is 24.7 Å². The first-order chi connectivity index (χ1) is 8.63. The number of hydrogen-bond donors (Lipinski definition) is 1. The van der Waals surface area contributed by atoms with Crippen LogP contribution in [0.1, 0.15) is 50.2 Å². The van der Waals surface area contributed by atoms with Gasteiger partial charge in [-0.15, -0.1) is 0 Å². The molecule has 0 saturated heterocycles. The van der Waals surface area contributed by atoms with Gasteiger partial charge < -0.3 is 5.73 Å². The van der Waals surface area contributed by atoms with Gasteiger partial charge >= 0.3 is 0 Å². The fourth-order valence-electron chi connectivity index (χ4n) is 5.12. The van der Waals surface area contributed by atoms with Crippen molar-refractivity contribution in [3.8, 4) is 0 Å². The predicted octanol–water partition coefficient (Wildman–Crippen LogP) is 2.23. The lowest BCUT2D eigenvalue weighted by Crippen LogP contribution is -2.49. The van der Waals surface area contributed by atoms with Crippen molar-refractivity contribution in [2.24, 2.45) is 17.8 Å². The maximum Gasteiger partial charge on any atom is 0.223 e. The van der Waals surface area contributed by atoms with Crippen LogP contribution >= 0.6 is 0 Å². The third kappa shape index (κ3) is 1.47. The van der Waals surface area contributed by atoms with Crippen LogP contribution in [0.25, 0.3) is 0 Å². The maximum absolute atomic E-state index is 5.82. The molecule has 4 aliphatic rings. The third-order valence-corrected chi connectivity index (χ3v) is 5.28. The summed E-state index contributed by atoms with van der Waals surface area (Å²) < 4.78 is 0. The summed E-state index contributed by atoms with van der Waals surface area (Å²) in [4.78, 5) is 13.2. The average molecular weight is 244 g/mol. The van der Waals surface area contributed by atoms with Crippen molar-refractivity contribution in [1.29, 1.82) is 0 Å². The van der Waals surface area contributed by atoms with Crippen LogP contribution in [0.3, 0.4) is 0 Å². The lowest BCUT2D eigenvalue weighted by Gasteiger charge is -2.55. The molecule has 1 heterocycles. The smallest absolute Gasteiger partial charge is 0.223 e. The molecule has 4 bridgehead atoms. The fraction of sp³-hybridized carbons (Fsp3) is 0.786. The van der Waals surface area contributed by atoms with E-state index in [1.54, 1.807) is 0 Å². The van der Waals surface area contributed by atoms with Crippen molar-refractivity contribution in [3.63, 3.8) is 0 Å². The van der Waals surface area contributed by atoms with Crippen LogP contribution in [-0.4, -0.2) is 15.0 Å². The molecule has 0 unspecified atom stereocenters. The highest BCUT2D eigenvalue weighted by Gasteiger charge is 2.53. The summed E-state index contributed by atoms with van der Waals surface area (Å²) in [6, 6.07) is 0. The number of nitrogens with zero attached hydrogens (tertiary/aromatic N) is 3. The summed E-state index contributed by atoms with van der Waals surface area (Å²) in [6.45, 7) is 1.92. The number of aryl methyl sites for hydroxylation is 1. The van der Waals surface area contributed by atoms with Crippen LogP contribution in [0.4, 0.5) is 5.95 Å². The van der Waals surface area contributed by atoms with Crippen molar-refractivity contribution in [2.75, 3.05) is 5.73 Å². The largest absolute Gasteiger partial charge is 0.368 e. The van der Waals surface area contributed by atoms with Gasteiger partial charge in [0.2, 0.25) is 5.95 Å². The molecule has 0 aromatic carbocycles. The van der Waals surface area contributed by atoms with E-state index in [0.29, 0.717) is 5.95 Å². The molecule has 1 aromatic heterocycles. The second kappa shape index (κ2) is 3.43. The highest BCUT2D eigenvalue weighted by molar-refractivity contribution is 5.23. The number of nitrogen functional groups attached to an aromatic ring is 1. The summed E-state index contributed by atoms with van der Waals surface area (Å²) in [5.41, 5.74) is 6.05. The minimum absolute atomic E-state index is 0.233. The van der Waals surface area contributed by atoms with Crippen LogP contribution in [0.15, 0.2) is 0 Å². The molecule has 0 atom stereocenters. The lowest BCUT2D eigenvalue weighted by atomic mass is 9.49. The van der Waals surface area contributed by atoms with Gasteiger partial charge in [-0.2, -0.15) is 9.97 Å². The molecule has 4 saturated carbocycles. The third-order valence-electron chi connectivity index (χ3n) is 5.28. The van der Waals surface area contributed by atoms with Gasteiger partial charge in [0.15, 0.2) is 0 Å². The number of aromatic nitrogens is 3. The summed E-state index contributed by atoms with van der Waals surface area (Å²) >= 11 is 0. The topological polar surface area (TPSA) is 64.7 Å². The van der Waals surface area contributed by atoms with Gasteiger partial charge in [0.05, 0.1) is 0 Å². The van der Waals surface area contributed by atoms with E-state index in [1.165, 1.54) is 38.5 Å². The van der Waals surface area contributed by atoms with Gasteiger partial charge in [0.1, 0.15) is 11.6 Å². The molecule has 96 valence electrons. The van der Waals surface area contributed by atoms with E-state index in [2.05, 4.69) is 15.0 Å². The Morgan fingerprint density at radius 2 is 1.50 bits per heavy atom. The highest BCUT2D eigenvalue weighted by atomic mass is 15.1.